The fourth-order valence-electron chi connectivity index (χ4n) is 5.00. The van der Waals surface area contributed by atoms with Crippen LogP contribution in [0.3, 0.4) is 0 Å². The Kier molecular flexibility index (Phi) is 8.44. The molecule has 216 valence electrons. The number of benzene rings is 4. The molecule has 0 saturated carbocycles. The van der Waals surface area contributed by atoms with E-state index in [1.165, 1.54) is 4.31 Å². The third-order valence-corrected chi connectivity index (χ3v) is 8.84. The summed E-state index contributed by atoms with van der Waals surface area (Å²) in [7, 11) is -2.49. The Balaban J connectivity index is 1.29. The molecule has 2 N–H and O–H groups in total. The van der Waals surface area contributed by atoms with Crippen LogP contribution in [-0.4, -0.2) is 51.7 Å². The summed E-state index contributed by atoms with van der Waals surface area (Å²) >= 11 is 0. The average molecular weight is 587 g/mol. The van der Waals surface area contributed by atoms with Crippen LogP contribution in [0.2, 0.25) is 0 Å². The number of para-hydroxylation sites is 2. The number of carboxylic acids is 1. The van der Waals surface area contributed by atoms with Gasteiger partial charge in [-0.2, -0.15) is 0 Å². The average Bonchev–Trinajstić information content (AvgIpc) is 3.41. The number of methoxy groups -OCH3 is 1. The number of sulfonamides is 1. The Labute approximate surface area is 244 Å². The number of nitrogens with zero attached hydrogens (tertiary/aromatic N) is 1. The molecule has 9 nitrogen and oxygen atoms in total. The zero-order valence-corrected chi connectivity index (χ0v) is 23.7. The Bertz CT molecular complexity index is 1690. The van der Waals surface area contributed by atoms with Crippen molar-refractivity contribution >= 4 is 27.6 Å². The third-order valence-electron chi connectivity index (χ3n) is 7.01. The van der Waals surface area contributed by atoms with E-state index < -0.39 is 27.9 Å². The van der Waals surface area contributed by atoms with E-state index in [0.29, 0.717) is 22.7 Å². The molecule has 42 heavy (non-hydrogen) atoms. The maximum absolute atomic E-state index is 14.0. The summed E-state index contributed by atoms with van der Waals surface area (Å²) in [6.45, 7) is 0.310. The van der Waals surface area contributed by atoms with Crippen LogP contribution in [0.1, 0.15) is 11.1 Å². The van der Waals surface area contributed by atoms with Gasteiger partial charge in [0.1, 0.15) is 24.1 Å². The number of hydrogen-bond donors (Lipinski definition) is 2. The zero-order chi connectivity index (χ0) is 29.7. The summed E-state index contributed by atoms with van der Waals surface area (Å²) in [4.78, 5) is 24.2. The molecule has 0 fully saturated rings. The number of rotatable bonds is 11. The van der Waals surface area contributed by atoms with Gasteiger partial charge in [-0.25, -0.2) is 8.42 Å². The lowest BCUT2D eigenvalue weighted by molar-refractivity contribution is -0.136. The van der Waals surface area contributed by atoms with Crippen molar-refractivity contribution in [1.82, 2.24) is 5.32 Å². The van der Waals surface area contributed by atoms with Crippen LogP contribution in [-0.2, 0) is 32.5 Å². The summed E-state index contributed by atoms with van der Waals surface area (Å²) in [6.07, 6.45) is 0.165. The van der Waals surface area contributed by atoms with E-state index in [9.17, 15) is 18.0 Å². The van der Waals surface area contributed by atoms with Gasteiger partial charge in [0, 0.05) is 12.0 Å². The minimum Gasteiger partial charge on any atom is -0.496 e. The summed E-state index contributed by atoms with van der Waals surface area (Å²) in [5.74, 6) is -0.132. The molecule has 0 unspecified atom stereocenters. The van der Waals surface area contributed by atoms with Crippen molar-refractivity contribution in [2.24, 2.45) is 0 Å². The van der Waals surface area contributed by atoms with E-state index in [1.54, 1.807) is 67.8 Å². The molecule has 1 heterocycles. The molecule has 1 atom stereocenters. The number of nitrogens with one attached hydrogen (secondary N) is 1. The molecule has 5 rings (SSSR count). The van der Waals surface area contributed by atoms with Crippen LogP contribution in [0.15, 0.2) is 102 Å². The van der Waals surface area contributed by atoms with Crippen molar-refractivity contribution in [3.8, 4) is 22.6 Å². The normalized spacial score (nSPS) is 14.2. The molecule has 0 radical (unpaired) electrons. The molecule has 0 aliphatic carbocycles. The van der Waals surface area contributed by atoms with E-state index in [4.69, 9.17) is 14.6 Å². The molecule has 4 aromatic rings. The van der Waals surface area contributed by atoms with Gasteiger partial charge in [-0.05, 0) is 53.1 Å². The van der Waals surface area contributed by atoms with E-state index in [-0.39, 0.29) is 30.9 Å². The highest BCUT2D eigenvalue weighted by Gasteiger charge is 2.42. The molecule has 4 aromatic carbocycles. The number of aliphatic carboxylic acids is 1. The molecule has 1 aliphatic rings. The Morgan fingerprint density at radius 2 is 1.62 bits per heavy atom. The van der Waals surface area contributed by atoms with Crippen molar-refractivity contribution in [2.75, 3.05) is 24.6 Å². The van der Waals surface area contributed by atoms with Gasteiger partial charge in [0.15, 0.2) is 0 Å². The summed E-state index contributed by atoms with van der Waals surface area (Å²) in [5.41, 5.74) is 3.54. The first-order valence-corrected chi connectivity index (χ1v) is 14.8. The number of carbonyl (C=O) groups excluding carboxylic acids is 1. The molecule has 1 amide bonds. The van der Waals surface area contributed by atoms with Crippen molar-refractivity contribution in [2.45, 2.75) is 23.8 Å². The van der Waals surface area contributed by atoms with Crippen LogP contribution < -0.4 is 19.1 Å². The monoisotopic (exact) mass is 586 g/mol. The van der Waals surface area contributed by atoms with Crippen molar-refractivity contribution in [1.29, 1.82) is 0 Å². The maximum Gasteiger partial charge on any atom is 0.307 e. The number of carboxylic acid groups (broad SMARTS) is 1. The van der Waals surface area contributed by atoms with Gasteiger partial charge in [-0.3, -0.25) is 13.9 Å². The highest BCUT2D eigenvalue weighted by Crippen LogP contribution is 2.38. The first kappa shape index (κ1) is 28.7. The summed E-state index contributed by atoms with van der Waals surface area (Å²) < 4.78 is 40.2. The van der Waals surface area contributed by atoms with Gasteiger partial charge < -0.3 is 19.9 Å². The largest absolute Gasteiger partial charge is 0.496 e. The highest BCUT2D eigenvalue weighted by molar-refractivity contribution is 7.93. The smallest absolute Gasteiger partial charge is 0.307 e. The Morgan fingerprint density at radius 3 is 2.33 bits per heavy atom. The molecular weight excluding hydrogens is 556 g/mol. The van der Waals surface area contributed by atoms with E-state index in [2.05, 4.69) is 5.32 Å². The number of anilines is 1. The molecule has 0 saturated heterocycles. The van der Waals surface area contributed by atoms with Crippen LogP contribution in [0, 0.1) is 0 Å². The van der Waals surface area contributed by atoms with E-state index >= 15 is 0 Å². The summed E-state index contributed by atoms with van der Waals surface area (Å²) in [5, 5.41) is 11.7. The molecule has 10 heteroatoms. The quantitative estimate of drug-likeness (QED) is 0.251. The standard InChI is InChI=1S/C32H30N2O7S/c1-40-30-9-5-3-7-27(30)23-12-16-26(17-13-23)42(38,39)34-28-8-4-2-6-24(28)21-29(34)32(37)33-18-19-41-25-14-10-22(11-15-25)20-31(35)36/h2-17,29H,18-21H2,1H3,(H,33,37)(H,35,36)/t29-/m0/s1. The fraction of sp³-hybridized carbons (Fsp3) is 0.188. The van der Waals surface area contributed by atoms with Crippen molar-refractivity contribution in [3.05, 3.63) is 108 Å². The Hall–Kier alpha value is -4.83. The number of ether oxygens (including phenoxy) is 2. The summed E-state index contributed by atoms with van der Waals surface area (Å²) in [6, 6.07) is 26.9. The molecular formula is C32H30N2O7S. The van der Waals surface area contributed by atoms with Crippen LogP contribution in [0.5, 0.6) is 11.5 Å². The first-order valence-electron chi connectivity index (χ1n) is 13.3. The minimum atomic E-state index is -4.08. The number of fused-ring (bicyclic) bond motifs is 1. The second-order valence-corrected chi connectivity index (χ2v) is 11.5. The van der Waals surface area contributed by atoms with Gasteiger partial charge in [0.25, 0.3) is 10.0 Å². The predicted octanol–water partition coefficient (Wildman–Crippen LogP) is 4.30. The van der Waals surface area contributed by atoms with Crippen molar-refractivity contribution in [3.63, 3.8) is 0 Å². The number of carbonyl (C=O) groups is 2. The first-order chi connectivity index (χ1) is 20.3. The van der Waals surface area contributed by atoms with Gasteiger partial charge in [0.2, 0.25) is 5.91 Å². The number of hydrogen-bond acceptors (Lipinski definition) is 6. The van der Waals surface area contributed by atoms with E-state index in [0.717, 1.165) is 16.7 Å². The topological polar surface area (TPSA) is 122 Å². The van der Waals surface area contributed by atoms with Gasteiger partial charge in [0.05, 0.1) is 30.7 Å². The predicted molar refractivity (Wildman–Crippen MR) is 158 cm³/mol. The minimum absolute atomic E-state index is 0.0744. The lowest BCUT2D eigenvalue weighted by atomic mass is 10.1. The van der Waals surface area contributed by atoms with E-state index in [1.807, 2.05) is 36.4 Å². The van der Waals surface area contributed by atoms with Crippen molar-refractivity contribution < 1.29 is 32.6 Å². The van der Waals surface area contributed by atoms with Crippen LogP contribution >= 0.6 is 0 Å². The Morgan fingerprint density at radius 1 is 0.929 bits per heavy atom. The van der Waals surface area contributed by atoms with Gasteiger partial charge in [-0.15, -0.1) is 0 Å². The second-order valence-electron chi connectivity index (χ2n) is 9.73. The fourth-order valence-corrected chi connectivity index (χ4v) is 6.65. The van der Waals surface area contributed by atoms with Gasteiger partial charge >= 0.3 is 5.97 Å². The molecule has 0 bridgehead atoms. The highest BCUT2D eigenvalue weighted by atomic mass is 32.2. The lowest BCUT2D eigenvalue weighted by Crippen LogP contribution is -2.48. The van der Waals surface area contributed by atoms with Gasteiger partial charge in [-0.1, -0.05) is 60.7 Å². The SMILES string of the molecule is COc1ccccc1-c1ccc(S(=O)(=O)N2c3ccccc3C[C@H]2C(=O)NCCOc2ccc(CC(=O)O)cc2)cc1. The molecule has 0 spiro atoms. The zero-order valence-electron chi connectivity index (χ0n) is 22.9. The maximum atomic E-state index is 14.0. The lowest BCUT2D eigenvalue weighted by Gasteiger charge is -2.26. The number of amides is 1. The molecule has 1 aliphatic heterocycles. The van der Waals surface area contributed by atoms with Crippen LogP contribution in [0.4, 0.5) is 5.69 Å². The third kappa shape index (κ3) is 6.08. The van der Waals surface area contributed by atoms with Crippen LogP contribution in [0.25, 0.3) is 11.1 Å². The second kappa shape index (κ2) is 12.4. The molecule has 0 aromatic heterocycles.